The maximum atomic E-state index is 5.30. The first kappa shape index (κ1) is 23.9. The lowest BCUT2D eigenvalue weighted by Crippen LogP contribution is -2.49. The molecule has 0 spiro atoms. The third-order valence-electron chi connectivity index (χ3n) is 5.27. The van der Waals surface area contributed by atoms with E-state index >= 15 is 0 Å². The Kier molecular flexibility index (Phi) is 8.77. The average molecular weight is 548 g/mol. The smallest absolute Gasteiger partial charge is 0.276 e. The summed E-state index contributed by atoms with van der Waals surface area (Å²) in [5, 5.41) is 10.9. The molecule has 4 rings (SSSR count). The van der Waals surface area contributed by atoms with Gasteiger partial charge in [0.25, 0.3) is 5.89 Å². The van der Waals surface area contributed by atoms with Crippen LogP contribution >= 0.6 is 24.0 Å². The van der Waals surface area contributed by atoms with E-state index in [0.29, 0.717) is 36.4 Å². The van der Waals surface area contributed by atoms with Crippen LogP contribution in [0, 0.1) is 6.92 Å². The maximum absolute atomic E-state index is 5.30. The molecule has 0 saturated carbocycles. The predicted molar refractivity (Wildman–Crippen MR) is 135 cm³/mol. The molecule has 9 nitrogen and oxygen atoms in total. The first-order chi connectivity index (χ1) is 15.2. The fourth-order valence-corrected chi connectivity index (χ4v) is 3.53. The Labute approximate surface area is 205 Å². The van der Waals surface area contributed by atoms with Crippen molar-refractivity contribution in [1.29, 1.82) is 0 Å². The van der Waals surface area contributed by atoms with E-state index in [0.717, 1.165) is 37.7 Å². The highest BCUT2D eigenvalue weighted by Gasteiger charge is 2.21. The zero-order chi connectivity index (χ0) is 21.5. The van der Waals surface area contributed by atoms with Crippen LogP contribution < -0.4 is 15.5 Å². The molecule has 1 aliphatic heterocycles. The summed E-state index contributed by atoms with van der Waals surface area (Å²) >= 11 is 0. The summed E-state index contributed by atoms with van der Waals surface area (Å²) in [4.78, 5) is 19.9. The molecular formula is C22H29IN8O. The Morgan fingerprint density at radius 3 is 2.72 bits per heavy atom. The highest BCUT2D eigenvalue weighted by molar-refractivity contribution is 14.0. The van der Waals surface area contributed by atoms with Gasteiger partial charge >= 0.3 is 0 Å². The number of aromatic nitrogens is 4. The molecule has 4 heterocycles. The molecule has 0 bridgehead atoms. The van der Waals surface area contributed by atoms with Gasteiger partial charge in [0.15, 0.2) is 11.8 Å². The Morgan fingerprint density at radius 1 is 1.19 bits per heavy atom. The summed E-state index contributed by atoms with van der Waals surface area (Å²) in [6.07, 6.45) is 6.34. The van der Waals surface area contributed by atoms with Gasteiger partial charge < -0.3 is 20.1 Å². The molecule has 3 aromatic heterocycles. The Balaban J connectivity index is 0.00000289. The number of hydrogen-bond acceptors (Lipinski definition) is 7. The first-order valence-corrected chi connectivity index (χ1v) is 10.6. The van der Waals surface area contributed by atoms with E-state index in [1.54, 1.807) is 13.2 Å². The Hall–Kier alpha value is -2.76. The standard InChI is InChI=1S/C22H28N8O.HI/c1-16-6-7-20(26-15-16)30-13-9-17(10-14-30)27-22(23-2)25-12-8-19-28-21(31-29-19)18-5-3-4-11-24-18;/h3-7,11,15,17H,8-10,12-14H2,1-2H3,(H2,23,25,27);1H. The predicted octanol–water partition coefficient (Wildman–Crippen LogP) is 2.83. The number of rotatable bonds is 6. The summed E-state index contributed by atoms with van der Waals surface area (Å²) in [6.45, 7) is 4.67. The molecule has 1 fully saturated rings. The molecule has 0 aliphatic carbocycles. The normalized spacial score (nSPS) is 14.7. The number of anilines is 1. The van der Waals surface area contributed by atoms with Gasteiger partial charge in [-0.3, -0.25) is 9.98 Å². The highest BCUT2D eigenvalue weighted by atomic mass is 127. The van der Waals surface area contributed by atoms with Gasteiger partial charge in [-0.2, -0.15) is 4.98 Å². The van der Waals surface area contributed by atoms with Gasteiger partial charge in [0.1, 0.15) is 11.5 Å². The molecule has 10 heteroatoms. The Bertz CT molecular complexity index is 985. The van der Waals surface area contributed by atoms with Crippen LogP contribution in [0.1, 0.15) is 24.2 Å². The van der Waals surface area contributed by atoms with Gasteiger partial charge in [-0.05, 0) is 43.5 Å². The molecule has 0 atom stereocenters. The quantitative estimate of drug-likeness (QED) is 0.276. The summed E-state index contributed by atoms with van der Waals surface area (Å²) in [7, 11) is 1.79. The van der Waals surface area contributed by atoms with Crippen molar-refractivity contribution in [3.63, 3.8) is 0 Å². The molecule has 3 aromatic rings. The molecule has 1 aliphatic rings. The molecule has 0 aromatic carbocycles. The lowest BCUT2D eigenvalue weighted by Gasteiger charge is -2.33. The largest absolute Gasteiger partial charge is 0.356 e. The molecular weight excluding hydrogens is 519 g/mol. The third kappa shape index (κ3) is 6.38. The van der Waals surface area contributed by atoms with Crippen molar-refractivity contribution < 1.29 is 4.52 Å². The van der Waals surface area contributed by atoms with Crippen molar-refractivity contribution in [2.45, 2.75) is 32.2 Å². The second-order valence-corrected chi connectivity index (χ2v) is 7.58. The number of pyridine rings is 2. The van der Waals surface area contributed by atoms with Gasteiger partial charge in [-0.1, -0.05) is 17.3 Å². The van der Waals surface area contributed by atoms with Crippen molar-refractivity contribution in [3.8, 4) is 11.6 Å². The van der Waals surface area contributed by atoms with E-state index in [1.807, 2.05) is 24.4 Å². The molecule has 0 amide bonds. The number of hydrogen-bond donors (Lipinski definition) is 2. The molecule has 2 N–H and O–H groups in total. The van der Waals surface area contributed by atoms with Crippen LogP contribution in [0.3, 0.4) is 0 Å². The summed E-state index contributed by atoms with van der Waals surface area (Å²) in [6, 6.07) is 10.2. The van der Waals surface area contributed by atoms with E-state index in [4.69, 9.17) is 4.52 Å². The topological polar surface area (TPSA) is 104 Å². The minimum Gasteiger partial charge on any atom is -0.356 e. The fraction of sp³-hybridized carbons (Fsp3) is 0.409. The first-order valence-electron chi connectivity index (χ1n) is 10.6. The van der Waals surface area contributed by atoms with Crippen LogP contribution in [-0.4, -0.2) is 58.8 Å². The lowest BCUT2D eigenvalue weighted by atomic mass is 10.1. The van der Waals surface area contributed by atoms with Crippen molar-refractivity contribution in [2.24, 2.45) is 4.99 Å². The fourth-order valence-electron chi connectivity index (χ4n) is 3.53. The van der Waals surface area contributed by atoms with Crippen molar-refractivity contribution in [3.05, 3.63) is 54.1 Å². The number of halogens is 1. The number of aryl methyl sites for hydroxylation is 1. The van der Waals surface area contributed by atoms with Crippen molar-refractivity contribution in [1.82, 2.24) is 30.7 Å². The SMILES string of the molecule is CN=C(NCCc1noc(-c2ccccn2)n1)NC1CCN(c2ccc(C)cn2)CC1.I. The maximum Gasteiger partial charge on any atom is 0.276 e. The van der Waals surface area contributed by atoms with Gasteiger partial charge in [-0.25, -0.2) is 4.98 Å². The number of piperidine rings is 1. The molecule has 32 heavy (non-hydrogen) atoms. The molecule has 0 radical (unpaired) electrons. The number of nitrogens with zero attached hydrogens (tertiary/aromatic N) is 6. The third-order valence-corrected chi connectivity index (χ3v) is 5.27. The van der Waals surface area contributed by atoms with Crippen LogP contribution in [-0.2, 0) is 6.42 Å². The molecule has 0 unspecified atom stereocenters. The number of aliphatic imine (C=N–C) groups is 1. The minimum absolute atomic E-state index is 0. The van der Waals surface area contributed by atoms with Gasteiger partial charge in [0.2, 0.25) is 0 Å². The van der Waals surface area contributed by atoms with Crippen LogP contribution in [0.15, 0.2) is 52.2 Å². The van der Waals surface area contributed by atoms with Gasteiger partial charge in [0, 0.05) is 51.5 Å². The zero-order valence-corrected chi connectivity index (χ0v) is 20.7. The van der Waals surface area contributed by atoms with Crippen molar-refractivity contribution >= 4 is 35.8 Å². The van der Waals surface area contributed by atoms with E-state index in [2.05, 4.69) is 59.7 Å². The van der Waals surface area contributed by atoms with Crippen LogP contribution in [0.5, 0.6) is 0 Å². The van der Waals surface area contributed by atoms with E-state index in [9.17, 15) is 0 Å². The summed E-state index contributed by atoms with van der Waals surface area (Å²) in [5.41, 5.74) is 1.86. The van der Waals surface area contributed by atoms with Crippen molar-refractivity contribution in [2.75, 3.05) is 31.6 Å². The Morgan fingerprint density at radius 2 is 2.03 bits per heavy atom. The monoisotopic (exact) mass is 548 g/mol. The van der Waals surface area contributed by atoms with Crippen LogP contribution in [0.25, 0.3) is 11.6 Å². The second kappa shape index (κ2) is 11.7. The minimum atomic E-state index is 0. The van der Waals surface area contributed by atoms with Crippen LogP contribution in [0.2, 0.25) is 0 Å². The molecule has 1 saturated heterocycles. The van der Waals surface area contributed by atoms with E-state index in [1.165, 1.54) is 5.56 Å². The van der Waals surface area contributed by atoms with Crippen LogP contribution in [0.4, 0.5) is 5.82 Å². The average Bonchev–Trinajstić information content (AvgIpc) is 3.29. The highest BCUT2D eigenvalue weighted by Crippen LogP contribution is 2.18. The summed E-state index contributed by atoms with van der Waals surface area (Å²) < 4.78 is 5.30. The second-order valence-electron chi connectivity index (χ2n) is 7.58. The van der Waals surface area contributed by atoms with E-state index in [-0.39, 0.29) is 24.0 Å². The van der Waals surface area contributed by atoms with Gasteiger partial charge in [0.05, 0.1) is 0 Å². The van der Waals surface area contributed by atoms with Gasteiger partial charge in [-0.15, -0.1) is 24.0 Å². The molecule has 170 valence electrons. The number of nitrogens with one attached hydrogen (secondary N) is 2. The summed E-state index contributed by atoms with van der Waals surface area (Å²) in [5.74, 6) is 2.92. The lowest BCUT2D eigenvalue weighted by molar-refractivity contribution is 0.421. The zero-order valence-electron chi connectivity index (χ0n) is 18.4. The number of guanidine groups is 1. The van der Waals surface area contributed by atoms with E-state index < -0.39 is 0 Å².